The van der Waals surface area contributed by atoms with E-state index in [0.717, 1.165) is 16.7 Å². The largest absolute Gasteiger partial charge is 0.492 e. The summed E-state index contributed by atoms with van der Waals surface area (Å²) in [5.41, 5.74) is 1.39. The Morgan fingerprint density at radius 2 is 2.18 bits per heavy atom. The molecule has 2 rings (SSSR count). The minimum atomic E-state index is -0.419. The second-order valence-electron chi connectivity index (χ2n) is 5.05. The second-order valence-corrected chi connectivity index (χ2v) is 5.91. The highest BCUT2D eigenvalue weighted by Crippen LogP contribution is 2.37. The molecule has 118 valence electrons. The van der Waals surface area contributed by atoms with E-state index in [1.807, 2.05) is 19.0 Å². The third-order valence-electron chi connectivity index (χ3n) is 3.12. The van der Waals surface area contributed by atoms with Crippen LogP contribution in [0.2, 0.25) is 0 Å². The second kappa shape index (κ2) is 6.89. The van der Waals surface area contributed by atoms with Crippen molar-refractivity contribution in [1.29, 1.82) is 0 Å². The van der Waals surface area contributed by atoms with E-state index in [9.17, 15) is 10.1 Å². The fourth-order valence-electron chi connectivity index (χ4n) is 1.99. The van der Waals surface area contributed by atoms with E-state index in [1.165, 1.54) is 12.1 Å². The Morgan fingerprint density at radius 3 is 2.73 bits per heavy atom. The van der Waals surface area contributed by atoms with Crippen molar-refractivity contribution in [3.8, 4) is 17.0 Å². The summed E-state index contributed by atoms with van der Waals surface area (Å²) in [6, 6.07) is 4.58. The first kappa shape index (κ1) is 16.4. The molecule has 0 unspecified atom stereocenters. The third kappa shape index (κ3) is 3.63. The summed E-state index contributed by atoms with van der Waals surface area (Å²) in [4.78, 5) is 12.6. The minimum absolute atomic E-state index is 0.0167. The summed E-state index contributed by atoms with van der Waals surface area (Å²) in [5.74, 6) is 0.594. The molecule has 0 amide bonds. The van der Waals surface area contributed by atoms with Crippen molar-refractivity contribution in [2.24, 2.45) is 7.05 Å². The van der Waals surface area contributed by atoms with Crippen LogP contribution in [-0.2, 0) is 7.05 Å². The van der Waals surface area contributed by atoms with E-state index in [4.69, 9.17) is 4.74 Å². The number of aryl methyl sites for hydroxylation is 1. The Bertz CT molecular complexity index is 665. The van der Waals surface area contributed by atoms with E-state index in [-0.39, 0.29) is 5.69 Å². The van der Waals surface area contributed by atoms with Gasteiger partial charge in [-0.05, 0) is 36.1 Å². The predicted molar refractivity (Wildman–Crippen MR) is 87.0 cm³/mol. The van der Waals surface area contributed by atoms with Crippen LogP contribution in [0, 0.1) is 10.1 Å². The van der Waals surface area contributed by atoms with Gasteiger partial charge in [0.2, 0.25) is 0 Å². The fraction of sp³-hybridized carbons (Fsp3) is 0.357. The first-order chi connectivity index (χ1) is 10.4. The number of likely N-dealkylation sites (N-methyl/N-ethyl adjacent to an activating group) is 1. The van der Waals surface area contributed by atoms with Crippen LogP contribution in [0.5, 0.6) is 5.75 Å². The van der Waals surface area contributed by atoms with E-state index in [1.54, 1.807) is 24.0 Å². The van der Waals surface area contributed by atoms with Gasteiger partial charge in [-0.25, -0.2) is 0 Å². The summed E-state index contributed by atoms with van der Waals surface area (Å²) in [5, 5.41) is 15.2. The predicted octanol–water partition coefficient (Wildman–Crippen LogP) is 2.70. The van der Waals surface area contributed by atoms with Crippen molar-refractivity contribution in [2.45, 2.75) is 0 Å². The van der Waals surface area contributed by atoms with Crippen LogP contribution in [0.3, 0.4) is 0 Å². The molecule has 0 fully saturated rings. The Morgan fingerprint density at radius 1 is 1.45 bits per heavy atom. The van der Waals surface area contributed by atoms with Crippen LogP contribution >= 0.6 is 15.9 Å². The Labute approximate surface area is 136 Å². The molecule has 0 saturated heterocycles. The zero-order chi connectivity index (χ0) is 16.3. The normalized spacial score (nSPS) is 11.0. The first-order valence-corrected chi connectivity index (χ1v) is 7.43. The third-order valence-corrected chi connectivity index (χ3v) is 3.70. The quantitative estimate of drug-likeness (QED) is 0.578. The number of hydrogen-bond acceptors (Lipinski definition) is 5. The van der Waals surface area contributed by atoms with Crippen molar-refractivity contribution in [2.75, 3.05) is 27.2 Å². The molecule has 0 spiro atoms. The average molecular weight is 369 g/mol. The number of nitro benzene ring substituents is 1. The molecule has 1 aromatic carbocycles. The minimum Gasteiger partial charge on any atom is -0.492 e. The van der Waals surface area contributed by atoms with Crippen LogP contribution in [0.1, 0.15) is 0 Å². The number of nitrogens with zero attached hydrogens (tertiary/aromatic N) is 4. The van der Waals surface area contributed by atoms with Crippen molar-refractivity contribution >= 4 is 21.6 Å². The van der Waals surface area contributed by atoms with Gasteiger partial charge in [-0.3, -0.25) is 14.8 Å². The Kier molecular flexibility index (Phi) is 5.15. The number of halogens is 1. The highest BCUT2D eigenvalue weighted by molar-refractivity contribution is 9.10. The highest BCUT2D eigenvalue weighted by Gasteiger charge is 2.18. The molecule has 0 radical (unpaired) electrons. The topological polar surface area (TPSA) is 73.4 Å². The van der Waals surface area contributed by atoms with Gasteiger partial charge in [0.05, 0.1) is 21.3 Å². The SMILES string of the molecule is CN(C)CCOc1ccc([N+](=O)[O-])cc1-c1c(Br)cnn1C. The molecular formula is C14H17BrN4O3. The van der Waals surface area contributed by atoms with E-state index >= 15 is 0 Å². The van der Waals surface area contributed by atoms with Crippen LogP contribution in [0.15, 0.2) is 28.9 Å². The van der Waals surface area contributed by atoms with Gasteiger partial charge in [0.1, 0.15) is 12.4 Å². The maximum Gasteiger partial charge on any atom is 0.270 e. The molecule has 0 saturated carbocycles. The monoisotopic (exact) mass is 368 g/mol. The number of nitro groups is 1. The molecule has 1 heterocycles. The number of aromatic nitrogens is 2. The summed E-state index contributed by atoms with van der Waals surface area (Å²) in [6.45, 7) is 1.25. The molecule has 2 aromatic rings. The maximum absolute atomic E-state index is 11.0. The summed E-state index contributed by atoms with van der Waals surface area (Å²) >= 11 is 3.42. The molecule has 0 bridgehead atoms. The number of rotatable bonds is 6. The first-order valence-electron chi connectivity index (χ1n) is 6.64. The van der Waals surface area contributed by atoms with Gasteiger partial charge in [-0.2, -0.15) is 5.10 Å². The standard InChI is InChI=1S/C14H17BrN4O3/c1-17(2)6-7-22-13-5-4-10(19(20)21)8-11(13)14-12(15)9-16-18(14)3/h4-5,8-9H,6-7H2,1-3H3. The van der Waals surface area contributed by atoms with Gasteiger partial charge in [0.15, 0.2) is 0 Å². The zero-order valence-electron chi connectivity index (χ0n) is 12.6. The zero-order valence-corrected chi connectivity index (χ0v) is 14.2. The fourth-order valence-corrected chi connectivity index (χ4v) is 2.56. The van der Waals surface area contributed by atoms with Gasteiger partial charge in [-0.15, -0.1) is 0 Å². The van der Waals surface area contributed by atoms with Crippen LogP contribution in [0.4, 0.5) is 5.69 Å². The number of non-ortho nitro benzene ring substituents is 1. The molecule has 1 aromatic heterocycles. The Balaban J connectivity index is 2.43. The van der Waals surface area contributed by atoms with Crippen LogP contribution < -0.4 is 4.74 Å². The van der Waals surface area contributed by atoms with Gasteiger partial charge < -0.3 is 9.64 Å². The number of benzene rings is 1. The van der Waals surface area contributed by atoms with Crippen LogP contribution in [-0.4, -0.2) is 46.9 Å². The molecule has 0 aliphatic rings. The van der Waals surface area contributed by atoms with Crippen molar-refractivity contribution < 1.29 is 9.66 Å². The Hall–Kier alpha value is -1.93. The summed E-state index contributed by atoms with van der Waals surface area (Å²) < 4.78 is 8.20. The van der Waals surface area contributed by atoms with Gasteiger partial charge >= 0.3 is 0 Å². The lowest BCUT2D eigenvalue weighted by Gasteiger charge is -2.14. The summed E-state index contributed by atoms with van der Waals surface area (Å²) in [6.07, 6.45) is 1.65. The van der Waals surface area contributed by atoms with Crippen molar-refractivity contribution in [3.63, 3.8) is 0 Å². The summed E-state index contributed by atoms with van der Waals surface area (Å²) in [7, 11) is 5.69. The molecule has 0 N–H and O–H groups in total. The van der Waals surface area contributed by atoms with Gasteiger partial charge in [0, 0.05) is 31.3 Å². The molecule has 22 heavy (non-hydrogen) atoms. The van der Waals surface area contributed by atoms with Crippen molar-refractivity contribution in [1.82, 2.24) is 14.7 Å². The lowest BCUT2D eigenvalue weighted by atomic mass is 10.1. The molecular weight excluding hydrogens is 352 g/mol. The molecule has 0 aliphatic heterocycles. The van der Waals surface area contributed by atoms with Crippen LogP contribution in [0.25, 0.3) is 11.3 Å². The average Bonchev–Trinajstić information content (AvgIpc) is 2.78. The maximum atomic E-state index is 11.0. The van der Waals surface area contributed by atoms with Crippen molar-refractivity contribution in [3.05, 3.63) is 39.0 Å². The van der Waals surface area contributed by atoms with E-state index in [0.29, 0.717) is 17.9 Å². The molecule has 0 aliphatic carbocycles. The molecule has 7 nitrogen and oxygen atoms in total. The van der Waals surface area contributed by atoms with Gasteiger partial charge in [-0.1, -0.05) is 0 Å². The highest BCUT2D eigenvalue weighted by atomic mass is 79.9. The van der Waals surface area contributed by atoms with E-state index in [2.05, 4.69) is 21.0 Å². The molecule has 8 heteroatoms. The van der Waals surface area contributed by atoms with E-state index < -0.39 is 4.92 Å². The number of hydrogen-bond donors (Lipinski definition) is 0. The molecule has 0 atom stereocenters. The van der Waals surface area contributed by atoms with Gasteiger partial charge in [0.25, 0.3) is 5.69 Å². The number of ether oxygens (including phenoxy) is 1. The lowest BCUT2D eigenvalue weighted by molar-refractivity contribution is -0.384. The smallest absolute Gasteiger partial charge is 0.270 e. The lowest BCUT2D eigenvalue weighted by Crippen LogP contribution is -2.19.